The number of aliphatic hydroxyl groups is 1. The number of aromatic nitrogens is 2. The van der Waals surface area contributed by atoms with Gasteiger partial charge in [-0.3, -0.25) is 4.68 Å². The quantitative estimate of drug-likeness (QED) is 0.831. The molecule has 1 aromatic heterocycles. The summed E-state index contributed by atoms with van der Waals surface area (Å²) in [5, 5.41) is 14.9. The van der Waals surface area contributed by atoms with Gasteiger partial charge in [0.2, 0.25) is 0 Å². The summed E-state index contributed by atoms with van der Waals surface area (Å²) < 4.78 is 7.15. The summed E-state index contributed by atoms with van der Waals surface area (Å²) in [6, 6.07) is 0. The van der Waals surface area contributed by atoms with Crippen molar-refractivity contribution < 1.29 is 9.84 Å². The first-order valence-electron chi connectivity index (χ1n) is 6.25. The third-order valence-corrected chi connectivity index (χ3v) is 2.78. The summed E-state index contributed by atoms with van der Waals surface area (Å²) in [4.78, 5) is 0. The minimum absolute atomic E-state index is 0.416. The van der Waals surface area contributed by atoms with E-state index in [0.29, 0.717) is 18.1 Å². The smallest absolute Gasteiger partial charge is 0.162 e. The van der Waals surface area contributed by atoms with Crippen molar-refractivity contribution in [1.29, 1.82) is 0 Å². The topological polar surface area (TPSA) is 47.3 Å². The molecule has 17 heavy (non-hydrogen) atoms. The molecule has 1 aromatic rings. The Morgan fingerprint density at radius 1 is 1.53 bits per heavy atom. The van der Waals surface area contributed by atoms with E-state index in [0.717, 1.165) is 18.7 Å². The summed E-state index contributed by atoms with van der Waals surface area (Å²) >= 11 is 0. The SMILES string of the molecule is CCCn1ncc(OC)c1C(C)(O)CC(C)C. The van der Waals surface area contributed by atoms with E-state index in [-0.39, 0.29) is 0 Å². The van der Waals surface area contributed by atoms with E-state index in [1.54, 1.807) is 13.3 Å². The standard InChI is InChI=1S/C13H24N2O2/c1-6-7-15-12(11(17-5)9-14-15)13(4,16)8-10(2)3/h9-10,16H,6-8H2,1-5H3. The molecule has 1 rings (SSSR count). The first-order valence-corrected chi connectivity index (χ1v) is 6.25. The molecule has 0 amide bonds. The van der Waals surface area contributed by atoms with Crippen LogP contribution in [0, 0.1) is 5.92 Å². The van der Waals surface area contributed by atoms with Crippen molar-refractivity contribution in [3.05, 3.63) is 11.9 Å². The Balaban J connectivity index is 3.11. The van der Waals surface area contributed by atoms with Crippen molar-refractivity contribution >= 4 is 0 Å². The molecule has 0 aliphatic carbocycles. The minimum atomic E-state index is -0.898. The van der Waals surface area contributed by atoms with Crippen LogP contribution < -0.4 is 4.74 Å². The van der Waals surface area contributed by atoms with Crippen LogP contribution in [0.15, 0.2) is 6.20 Å². The lowest BCUT2D eigenvalue weighted by molar-refractivity contribution is 0.0235. The molecule has 0 radical (unpaired) electrons. The number of hydrogen-bond donors (Lipinski definition) is 1. The molecule has 0 saturated heterocycles. The van der Waals surface area contributed by atoms with E-state index in [9.17, 15) is 5.11 Å². The van der Waals surface area contributed by atoms with Crippen LogP contribution in [0.2, 0.25) is 0 Å². The highest BCUT2D eigenvalue weighted by Crippen LogP contribution is 2.34. The normalized spacial score (nSPS) is 15.0. The lowest BCUT2D eigenvalue weighted by atomic mass is 9.90. The van der Waals surface area contributed by atoms with Gasteiger partial charge in [-0.2, -0.15) is 5.10 Å². The third-order valence-electron chi connectivity index (χ3n) is 2.78. The molecule has 0 saturated carbocycles. The molecule has 1 N–H and O–H groups in total. The van der Waals surface area contributed by atoms with Crippen LogP contribution in [0.3, 0.4) is 0 Å². The van der Waals surface area contributed by atoms with Crippen LogP contribution in [-0.4, -0.2) is 22.0 Å². The molecule has 98 valence electrons. The van der Waals surface area contributed by atoms with E-state index >= 15 is 0 Å². The van der Waals surface area contributed by atoms with E-state index in [1.165, 1.54) is 0 Å². The van der Waals surface area contributed by atoms with Crippen molar-refractivity contribution in [3.8, 4) is 5.75 Å². The molecule has 1 heterocycles. The summed E-state index contributed by atoms with van der Waals surface area (Å²) in [7, 11) is 1.61. The second kappa shape index (κ2) is 5.54. The van der Waals surface area contributed by atoms with Gasteiger partial charge < -0.3 is 9.84 Å². The molecule has 1 unspecified atom stereocenters. The Hall–Kier alpha value is -1.03. The van der Waals surface area contributed by atoms with Crippen LogP contribution in [-0.2, 0) is 12.1 Å². The second-order valence-corrected chi connectivity index (χ2v) is 5.16. The maximum absolute atomic E-state index is 10.6. The Morgan fingerprint density at radius 3 is 2.65 bits per heavy atom. The molecule has 4 nitrogen and oxygen atoms in total. The van der Waals surface area contributed by atoms with Crippen molar-refractivity contribution in [2.24, 2.45) is 5.92 Å². The van der Waals surface area contributed by atoms with Gasteiger partial charge in [-0.25, -0.2) is 0 Å². The Bertz CT molecular complexity index is 356. The van der Waals surface area contributed by atoms with Gasteiger partial charge >= 0.3 is 0 Å². The number of nitrogens with zero attached hydrogens (tertiary/aromatic N) is 2. The van der Waals surface area contributed by atoms with Gasteiger partial charge in [-0.05, 0) is 25.7 Å². The van der Waals surface area contributed by atoms with Crippen molar-refractivity contribution in [2.45, 2.75) is 52.7 Å². The molecule has 0 spiro atoms. The molecular formula is C13H24N2O2. The van der Waals surface area contributed by atoms with E-state index in [4.69, 9.17) is 4.74 Å². The van der Waals surface area contributed by atoms with E-state index in [2.05, 4.69) is 25.9 Å². The van der Waals surface area contributed by atoms with Crippen molar-refractivity contribution in [2.75, 3.05) is 7.11 Å². The fraction of sp³-hybridized carbons (Fsp3) is 0.769. The minimum Gasteiger partial charge on any atom is -0.493 e. The van der Waals surface area contributed by atoms with E-state index in [1.807, 2.05) is 11.6 Å². The molecular weight excluding hydrogens is 216 g/mol. The van der Waals surface area contributed by atoms with Gasteiger partial charge in [0.25, 0.3) is 0 Å². The number of aryl methyl sites for hydroxylation is 1. The van der Waals surface area contributed by atoms with E-state index < -0.39 is 5.60 Å². The van der Waals surface area contributed by atoms with Gasteiger partial charge in [0.1, 0.15) is 11.3 Å². The zero-order valence-corrected chi connectivity index (χ0v) is 11.5. The van der Waals surface area contributed by atoms with Crippen LogP contribution in [0.5, 0.6) is 5.75 Å². The number of methoxy groups -OCH3 is 1. The predicted octanol–water partition coefficient (Wildman–Crippen LogP) is 2.56. The molecule has 4 heteroatoms. The van der Waals surface area contributed by atoms with Crippen LogP contribution in [0.1, 0.15) is 46.2 Å². The number of rotatable bonds is 6. The first kappa shape index (κ1) is 14.0. The highest BCUT2D eigenvalue weighted by atomic mass is 16.5. The van der Waals surface area contributed by atoms with Gasteiger partial charge in [-0.15, -0.1) is 0 Å². The van der Waals surface area contributed by atoms with Gasteiger partial charge in [-0.1, -0.05) is 20.8 Å². The monoisotopic (exact) mass is 240 g/mol. The number of hydrogen-bond acceptors (Lipinski definition) is 3. The van der Waals surface area contributed by atoms with Crippen LogP contribution in [0.25, 0.3) is 0 Å². The summed E-state index contributed by atoms with van der Waals surface area (Å²) in [6.07, 6.45) is 3.36. The molecule has 0 fully saturated rings. The molecule has 0 aromatic carbocycles. The Morgan fingerprint density at radius 2 is 2.18 bits per heavy atom. The summed E-state index contributed by atoms with van der Waals surface area (Å²) in [5.74, 6) is 1.09. The first-order chi connectivity index (χ1) is 7.92. The maximum Gasteiger partial charge on any atom is 0.162 e. The fourth-order valence-corrected chi connectivity index (χ4v) is 2.33. The average molecular weight is 240 g/mol. The highest BCUT2D eigenvalue weighted by Gasteiger charge is 2.32. The molecule has 1 atom stereocenters. The highest BCUT2D eigenvalue weighted by molar-refractivity contribution is 5.30. The van der Waals surface area contributed by atoms with Gasteiger partial charge in [0.05, 0.1) is 13.3 Å². The van der Waals surface area contributed by atoms with Crippen LogP contribution >= 0.6 is 0 Å². The Kier molecular flexibility index (Phi) is 4.57. The van der Waals surface area contributed by atoms with Crippen molar-refractivity contribution in [1.82, 2.24) is 9.78 Å². The molecule has 0 aliphatic rings. The van der Waals surface area contributed by atoms with Crippen molar-refractivity contribution in [3.63, 3.8) is 0 Å². The fourth-order valence-electron chi connectivity index (χ4n) is 2.33. The Labute approximate surface area is 104 Å². The summed E-state index contributed by atoms with van der Waals surface area (Å²) in [5.41, 5.74) is -0.110. The zero-order valence-electron chi connectivity index (χ0n) is 11.5. The van der Waals surface area contributed by atoms with Crippen LogP contribution in [0.4, 0.5) is 0 Å². The second-order valence-electron chi connectivity index (χ2n) is 5.16. The molecule has 0 bridgehead atoms. The summed E-state index contributed by atoms with van der Waals surface area (Å²) in [6.45, 7) is 8.92. The predicted molar refractivity (Wildman–Crippen MR) is 68.1 cm³/mol. The third kappa shape index (κ3) is 3.22. The number of ether oxygens (including phenoxy) is 1. The lowest BCUT2D eigenvalue weighted by Gasteiger charge is -2.27. The van der Waals surface area contributed by atoms with Gasteiger partial charge in [0.15, 0.2) is 5.75 Å². The lowest BCUT2D eigenvalue weighted by Crippen LogP contribution is -2.28. The van der Waals surface area contributed by atoms with Gasteiger partial charge in [0, 0.05) is 6.54 Å². The zero-order chi connectivity index (χ0) is 13.1. The maximum atomic E-state index is 10.6. The average Bonchev–Trinajstić information content (AvgIpc) is 2.60. The molecule has 0 aliphatic heterocycles. The largest absolute Gasteiger partial charge is 0.493 e.